The van der Waals surface area contributed by atoms with Gasteiger partial charge in [-0.25, -0.2) is 0 Å². The van der Waals surface area contributed by atoms with Gasteiger partial charge in [-0.15, -0.1) is 0 Å². The monoisotopic (exact) mass is 255 g/mol. The van der Waals surface area contributed by atoms with Gasteiger partial charge in [0, 0.05) is 24.3 Å². The molecule has 18 heavy (non-hydrogen) atoms. The van der Waals surface area contributed by atoms with E-state index in [1.165, 1.54) is 5.56 Å². The second kappa shape index (κ2) is 5.82. The van der Waals surface area contributed by atoms with Gasteiger partial charge < -0.3 is 10.2 Å². The highest BCUT2D eigenvalue weighted by atomic mass is 16.3. The lowest BCUT2D eigenvalue weighted by Crippen LogP contribution is -2.36. The zero-order valence-corrected chi connectivity index (χ0v) is 12.1. The largest absolute Gasteiger partial charge is 0.394 e. The highest BCUT2D eigenvalue weighted by molar-refractivity contribution is 5.24. The number of aliphatic hydroxyl groups is 2. The van der Waals surface area contributed by atoms with Crippen molar-refractivity contribution in [1.82, 2.24) is 14.7 Å². The summed E-state index contributed by atoms with van der Waals surface area (Å²) in [5.41, 5.74) is 2.56. The van der Waals surface area contributed by atoms with E-state index in [2.05, 4.69) is 10.00 Å². The molecule has 5 nitrogen and oxygen atoms in total. The summed E-state index contributed by atoms with van der Waals surface area (Å²) in [4.78, 5) is 2.08. The van der Waals surface area contributed by atoms with Gasteiger partial charge in [-0.1, -0.05) is 0 Å². The molecule has 0 saturated carbocycles. The Bertz CT molecular complexity index is 394. The molecule has 0 amide bonds. The van der Waals surface area contributed by atoms with E-state index >= 15 is 0 Å². The summed E-state index contributed by atoms with van der Waals surface area (Å²) in [5, 5.41) is 23.2. The number of hydrogen-bond donors (Lipinski definition) is 2. The summed E-state index contributed by atoms with van der Waals surface area (Å²) < 4.78 is 1.84. The average molecular weight is 255 g/mol. The van der Waals surface area contributed by atoms with Gasteiger partial charge in [0.1, 0.15) is 0 Å². The Balaban J connectivity index is 2.78. The lowest BCUT2D eigenvalue weighted by molar-refractivity contribution is 0.0423. The summed E-state index contributed by atoms with van der Waals surface area (Å²) in [6.45, 7) is 9.60. The third kappa shape index (κ3) is 4.08. The molecule has 1 heterocycles. The van der Waals surface area contributed by atoms with Crippen molar-refractivity contribution in [2.45, 2.75) is 46.4 Å². The van der Waals surface area contributed by atoms with Crippen molar-refractivity contribution in [2.75, 3.05) is 20.2 Å². The van der Waals surface area contributed by atoms with Crippen molar-refractivity contribution < 1.29 is 10.2 Å². The Labute approximate surface area is 109 Å². The first-order chi connectivity index (χ1) is 8.24. The van der Waals surface area contributed by atoms with E-state index in [1.54, 1.807) is 13.8 Å². The molecule has 0 aliphatic rings. The first-order valence-corrected chi connectivity index (χ1v) is 6.29. The molecule has 2 N–H and O–H groups in total. The molecule has 5 heteroatoms. The fourth-order valence-electron chi connectivity index (χ4n) is 2.26. The van der Waals surface area contributed by atoms with Crippen molar-refractivity contribution >= 4 is 0 Å². The molecule has 0 aliphatic heterocycles. The van der Waals surface area contributed by atoms with E-state index in [0.29, 0.717) is 13.1 Å². The van der Waals surface area contributed by atoms with E-state index in [4.69, 9.17) is 5.11 Å². The van der Waals surface area contributed by atoms with Gasteiger partial charge in [0.2, 0.25) is 0 Å². The Morgan fingerprint density at radius 3 is 2.44 bits per heavy atom. The molecule has 1 aromatic rings. The van der Waals surface area contributed by atoms with Crippen molar-refractivity contribution in [3.8, 4) is 0 Å². The maximum absolute atomic E-state index is 9.80. The lowest BCUT2D eigenvalue weighted by atomic mass is 10.1. The predicted molar refractivity (Wildman–Crippen MR) is 71.4 cm³/mol. The number of nitrogens with zero attached hydrogens (tertiary/aromatic N) is 3. The maximum Gasteiger partial charge on any atom is 0.0718 e. The van der Waals surface area contributed by atoms with Crippen LogP contribution in [-0.4, -0.2) is 50.7 Å². The molecule has 0 saturated heterocycles. The minimum Gasteiger partial charge on any atom is -0.394 e. The number of hydrogen-bond acceptors (Lipinski definition) is 4. The lowest BCUT2D eigenvalue weighted by Gasteiger charge is -2.25. The third-order valence-corrected chi connectivity index (χ3v) is 2.93. The molecule has 0 atom stereocenters. The van der Waals surface area contributed by atoms with Crippen LogP contribution in [0.5, 0.6) is 0 Å². The van der Waals surface area contributed by atoms with Gasteiger partial charge in [0.05, 0.1) is 24.4 Å². The zero-order chi connectivity index (χ0) is 13.9. The van der Waals surface area contributed by atoms with Crippen molar-refractivity contribution in [2.24, 2.45) is 0 Å². The van der Waals surface area contributed by atoms with Crippen LogP contribution in [0.25, 0.3) is 0 Å². The van der Waals surface area contributed by atoms with Crippen LogP contribution in [0.15, 0.2) is 0 Å². The second-order valence-electron chi connectivity index (χ2n) is 5.58. The van der Waals surface area contributed by atoms with Gasteiger partial charge in [-0.3, -0.25) is 9.58 Å². The Morgan fingerprint density at radius 2 is 1.94 bits per heavy atom. The smallest absolute Gasteiger partial charge is 0.0718 e. The van der Waals surface area contributed by atoms with Crippen LogP contribution in [0.3, 0.4) is 0 Å². The number of rotatable bonds is 6. The van der Waals surface area contributed by atoms with Gasteiger partial charge in [-0.2, -0.15) is 5.10 Å². The van der Waals surface area contributed by atoms with Crippen LogP contribution >= 0.6 is 0 Å². The van der Waals surface area contributed by atoms with Crippen LogP contribution in [0.2, 0.25) is 0 Å². The number of likely N-dealkylation sites (N-methyl/N-ethyl adjacent to an activating group) is 1. The van der Waals surface area contributed by atoms with Gasteiger partial charge >= 0.3 is 0 Å². The van der Waals surface area contributed by atoms with Gasteiger partial charge in [0.15, 0.2) is 0 Å². The molecule has 1 aromatic heterocycles. The first-order valence-electron chi connectivity index (χ1n) is 6.29. The zero-order valence-electron chi connectivity index (χ0n) is 12.1. The van der Waals surface area contributed by atoms with E-state index in [-0.39, 0.29) is 6.61 Å². The molecule has 0 unspecified atom stereocenters. The summed E-state index contributed by atoms with van der Waals surface area (Å²) >= 11 is 0. The molecule has 0 aromatic carbocycles. The molecule has 0 radical (unpaired) electrons. The van der Waals surface area contributed by atoms with Crippen molar-refractivity contribution in [3.63, 3.8) is 0 Å². The topological polar surface area (TPSA) is 61.5 Å². The second-order valence-corrected chi connectivity index (χ2v) is 5.58. The van der Waals surface area contributed by atoms with Crippen LogP contribution in [0.1, 0.15) is 30.8 Å². The maximum atomic E-state index is 9.80. The van der Waals surface area contributed by atoms with E-state index in [1.807, 2.05) is 25.6 Å². The normalized spacial score (nSPS) is 12.4. The van der Waals surface area contributed by atoms with Gasteiger partial charge in [0.25, 0.3) is 0 Å². The van der Waals surface area contributed by atoms with Crippen molar-refractivity contribution in [1.29, 1.82) is 0 Å². The summed E-state index contributed by atoms with van der Waals surface area (Å²) in [5.74, 6) is 0. The van der Waals surface area contributed by atoms with E-state index in [9.17, 15) is 5.11 Å². The number of aliphatic hydroxyl groups excluding tert-OH is 1. The molecule has 0 bridgehead atoms. The highest BCUT2D eigenvalue weighted by Gasteiger charge is 2.18. The molecular formula is C13H25N3O2. The van der Waals surface area contributed by atoms with Crippen LogP contribution in [0.4, 0.5) is 0 Å². The van der Waals surface area contributed by atoms with Crippen LogP contribution < -0.4 is 0 Å². The first kappa shape index (κ1) is 15.1. The fourth-order valence-corrected chi connectivity index (χ4v) is 2.26. The average Bonchev–Trinajstić information content (AvgIpc) is 2.44. The minimum absolute atomic E-state index is 0.0981. The summed E-state index contributed by atoms with van der Waals surface area (Å²) in [6.07, 6.45) is 0. The highest BCUT2D eigenvalue weighted by Crippen LogP contribution is 2.16. The quantitative estimate of drug-likeness (QED) is 0.785. The molecule has 0 fully saturated rings. The Morgan fingerprint density at radius 1 is 1.33 bits per heavy atom. The molecular weight excluding hydrogens is 230 g/mol. The Hall–Kier alpha value is -0.910. The predicted octanol–water partition coefficient (Wildman–Crippen LogP) is 0.695. The Kier molecular flexibility index (Phi) is 4.90. The summed E-state index contributed by atoms with van der Waals surface area (Å²) in [7, 11) is 1.99. The SMILES string of the molecule is Cc1nn(CCO)c(C)c1CN(C)CC(C)(C)O. The molecule has 0 aliphatic carbocycles. The standard InChI is InChI=1S/C13H25N3O2/c1-10-12(8-15(5)9-13(3,4)18)11(2)16(14-10)6-7-17/h17-18H,6-9H2,1-5H3. The van der Waals surface area contributed by atoms with Crippen molar-refractivity contribution in [3.05, 3.63) is 17.0 Å². The van der Waals surface area contributed by atoms with Gasteiger partial charge in [-0.05, 0) is 34.7 Å². The number of aryl methyl sites for hydroxylation is 1. The minimum atomic E-state index is -0.697. The fraction of sp³-hybridized carbons (Fsp3) is 0.769. The molecule has 0 spiro atoms. The third-order valence-electron chi connectivity index (χ3n) is 2.93. The summed E-state index contributed by atoms with van der Waals surface area (Å²) in [6, 6.07) is 0. The molecule has 104 valence electrons. The van der Waals surface area contributed by atoms with Crippen LogP contribution in [-0.2, 0) is 13.1 Å². The molecule has 1 rings (SSSR count). The number of aromatic nitrogens is 2. The van der Waals surface area contributed by atoms with Crippen LogP contribution in [0, 0.1) is 13.8 Å². The van der Waals surface area contributed by atoms with E-state index in [0.717, 1.165) is 17.9 Å². The van der Waals surface area contributed by atoms with E-state index < -0.39 is 5.60 Å².